The number of rotatable bonds is 7. The van der Waals surface area contributed by atoms with E-state index in [1.807, 2.05) is 42.6 Å². The Balaban J connectivity index is 1.52. The molecule has 0 aliphatic heterocycles. The van der Waals surface area contributed by atoms with Gasteiger partial charge in [-0.15, -0.1) is 21.5 Å². The zero-order valence-electron chi connectivity index (χ0n) is 16.0. The third-order valence-electron chi connectivity index (χ3n) is 4.00. The number of ether oxygens (including phenoxy) is 1. The van der Waals surface area contributed by atoms with E-state index in [1.165, 1.54) is 41.3 Å². The number of carbonyl (C=O) groups is 1. The monoisotopic (exact) mass is 454 g/mol. The number of nitro groups is 1. The second-order valence-electron chi connectivity index (χ2n) is 6.24. The van der Waals surface area contributed by atoms with Gasteiger partial charge >= 0.3 is 5.97 Å². The summed E-state index contributed by atoms with van der Waals surface area (Å²) in [6.07, 6.45) is 0. The lowest BCUT2D eigenvalue weighted by Gasteiger charge is -2.07. The van der Waals surface area contributed by atoms with Gasteiger partial charge in [0.15, 0.2) is 10.9 Å². The number of hydrogen-bond donors (Lipinski definition) is 0. The van der Waals surface area contributed by atoms with E-state index in [0.717, 1.165) is 11.3 Å². The van der Waals surface area contributed by atoms with Crippen LogP contribution in [0.5, 0.6) is 0 Å². The minimum Gasteiger partial charge on any atom is -0.452 e. The predicted molar refractivity (Wildman–Crippen MR) is 113 cm³/mol. The van der Waals surface area contributed by atoms with Crippen LogP contribution in [-0.4, -0.2) is 26.1 Å². The van der Waals surface area contributed by atoms with Gasteiger partial charge in [-0.3, -0.25) is 10.1 Å². The highest BCUT2D eigenvalue weighted by Crippen LogP contribution is 2.34. The smallest absolute Gasteiger partial charge is 0.340 e. The van der Waals surface area contributed by atoms with E-state index in [0.29, 0.717) is 15.1 Å². The second-order valence-corrected chi connectivity index (χ2v) is 8.38. The van der Waals surface area contributed by atoms with Gasteiger partial charge in [0, 0.05) is 33.7 Å². The van der Waals surface area contributed by atoms with Crippen molar-refractivity contribution in [2.24, 2.45) is 0 Å². The Labute approximate surface area is 184 Å². The average molecular weight is 454 g/mol. The van der Waals surface area contributed by atoms with Crippen molar-refractivity contribution in [3.8, 4) is 11.5 Å². The van der Waals surface area contributed by atoms with Crippen molar-refractivity contribution in [1.82, 2.24) is 15.2 Å². The van der Waals surface area contributed by atoms with Crippen LogP contribution in [0.15, 0.2) is 67.6 Å². The number of hydrogen-bond acceptors (Lipinski definition) is 10. The molecule has 11 heteroatoms. The van der Waals surface area contributed by atoms with Gasteiger partial charge in [0.1, 0.15) is 0 Å². The lowest BCUT2D eigenvalue weighted by molar-refractivity contribution is -0.384. The molecular weight excluding hydrogens is 440 g/mol. The van der Waals surface area contributed by atoms with E-state index < -0.39 is 10.9 Å². The first-order chi connectivity index (χ1) is 15.0. The fourth-order valence-corrected chi connectivity index (χ4v) is 4.46. The summed E-state index contributed by atoms with van der Waals surface area (Å²) in [6.45, 7) is 1.60. The Morgan fingerprint density at radius 1 is 1.23 bits per heavy atom. The minimum atomic E-state index is -0.737. The van der Waals surface area contributed by atoms with Crippen LogP contribution in [0.4, 0.5) is 5.69 Å². The molecule has 0 amide bonds. The number of aryl methyl sites for hydroxylation is 1. The van der Waals surface area contributed by atoms with Crippen molar-refractivity contribution in [3.05, 3.63) is 81.2 Å². The molecule has 0 fully saturated rings. The van der Waals surface area contributed by atoms with Crippen LogP contribution in [0.2, 0.25) is 0 Å². The van der Waals surface area contributed by atoms with Gasteiger partial charge in [0.05, 0.1) is 10.5 Å². The first kappa shape index (κ1) is 20.7. The van der Waals surface area contributed by atoms with Gasteiger partial charge in [-0.05, 0) is 25.1 Å². The molecule has 2 aromatic carbocycles. The standard InChI is InChI=1S/C20H14N4O5S2/c1-12-11-30-20(21-12)31-16-8-7-14(24(26)27)9-15(16)19(25)28-10-17-22-23-18(29-17)13-5-3-2-4-6-13/h2-9,11H,10H2,1H3. The molecule has 0 saturated carbocycles. The second kappa shape index (κ2) is 9.06. The summed E-state index contributed by atoms with van der Waals surface area (Å²) < 4.78 is 11.5. The number of nitro benzene ring substituents is 1. The normalized spacial score (nSPS) is 10.7. The third-order valence-corrected chi connectivity index (χ3v) is 6.14. The molecule has 156 valence electrons. The minimum absolute atomic E-state index is 0.0647. The van der Waals surface area contributed by atoms with Crippen LogP contribution in [0.25, 0.3) is 11.5 Å². The number of thiazole rings is 1. The summed E-state index contributed by atoms with van der Waals surface area (Å²) in [7, 11) is 0. The van der Waals surface area contributed by atoms with E-state index in [4.69, 9.17) is 9.15 Å². The average Bonchev–Trinajstić information content (AvgIpc) is 3.42. The Morgan fingerprint density at radius 3 is 2.74 bits per heavy atom. The molecule has 0 saturated heterocycles. The molecule has 0 bridgehead atoms. The van der Waals surface area contributed by atoms with Gasteiger partial charge in [0.2, 0.25) is 5.89 Å². The zero-order valence-corrected chi connectivity index (χ0v) is 17.7. The summed E-state index contributed by atoms with van der Waals surface area (Å²) in [5.74, 6) is -0.321. The summed E-state index contributed by atoms with van der Waals surface area (Å²) in [5, 5.41) is 20.9. The van der Waals surface area contributed by atoms with Crippen molar-refractivity contribution in [3.63, 3.8) is 0 Å². The Morgan fingerprint density at radius 2 is 2.03 bits per heavy atom. The molecule has 0 N–H and O–H groups in total. The van der Waals surface area contributed by atoms with Crippen LogP contribution in [0.3, 0.4) is 0 Å². The highest BCUT2D eigenvalue weighted by Gasteiger charge is 2.21. The molecule has 0 spiro atoms. The molecule has 0 atom stereocenters. The topological polar surface area (TPSA) is 121 Å². The molecule has 2 aromatic heterocycles. The highest BCUT2D eigenvalue weighted by atomic mass is 32.2. The van der Waals surface area contributed by atoms with E-state index in [9.17, 15) is 14.9 Å². The molecule has 4 rings (SSSR count). The fourth-order valence-electron chi connectivity index (χ4n) is 2.57. The maximum atomic E-state index is 12.7. The number of benzene rings is 2. The summed E-state index contributed by atoms with van der Waals surface area (Å²) in [6, 6.07) is 13.2. The molecule has 31 heavy (non-hydrogen) atoms. The van der Waals surface area contributed by atoms with E-state index in [-0.39, 0.29) is 23.7 Å². The van der Waals surface area contributed by atoms with Gasteiger partial charge in [-0.1, -0.05) is 30.0 Å². The zero-order chi connectivity index (χ0) is 21.8. The summed E-state index contributed by atoms with van der Waals surface area (Å²) >= 11 is 2.66. The largest absolute Gasteiger partial charge is 0.452 e. The Hall–Kier alpha value is -3.57. The van der Waals surface area contributed by atoms with Crippen LogP contribution in [-0.2, 0) is 11.3 Å². The van der Waals surface area contributed by atoms with E-state index >= 15 is 0 Å². The molecule has 9 nitrogen and oxygen atoms in total. The predicted octanol–water partition coefficient (Wildman–Crippen LogP) is 4.92. The van der Waals surface area contributed by atoms with Gasteiger partial charge in [-0.2, -0.15) is 0 Å². The van der Waals surface area contributed by atoms with Crippen LogP contribution in [0.1, 0.15) is 21.9 Å². The first-order valence-electron chi connectivity index (χ1n) is 8.93. The number of aromatic nitrogens is 3. The Bertz CT molecular complexity index is 1240. The van der Waals surface area contributed by atoms with Crippen molar-refractivity contribution in [2.75, 3.05) is 0 Å². The fraction of sp³-hybridized carbons (Fsp3) is 0.100. The number of carbonyl (C=O) groups excluding carboxylic acids is 1. The van der Waals surface area contributed by atoms with Crippen LogP contribution >= 0.6 is 23.1 Å². The maximum Gasteiger partial charge on any atom is 0.340 e. The van der Waals surface area contributed by atoms with Crippen LogP contribution in [0, 0.1) is 17.0 Å². The first-order valence-corrected chi connectivity index (χ1v) is 10.6. The molecule has 0 radical (unpaired) electrons. The molecular formula is C20H14N4O5S2. The van der Waals surface area contributed by atoms with Crippen molar-refractivity contribution < 1.29 is 18.9 Å². The molecule has 0 aliphatic rings. The van der Waals surface area contributed by atoms with E-state index in [2.05, 4.69) is 15.2 Å². The molecule has 2 heterocycles. The van der Waals surface area contributed by atoms with E-state index in [1.54, 1.807) is 0 Å². The van der Waals surface area contributed by atoms with Crippen molar-refractivity contribution in [2.45, 2.75) is 22.8 Å². The lowest BCUT2D eigenvalue weighted by Crippen LogP contribution is -2.07. The summed E-state index contributed by atoms with van der Waals surface area (Å²) in [4.78, 5) is 28.2. The highest BCUT2D eigenvalue weighted by molar-refractivity contribution is 8.01. The molecule has 0 unspecified atom stereocenters. The molecule has 0 aliphatic carbocycles. The Kier molecular flexibility index (Phi) is 6.05. The van der Waals surface area contributed by atoms with Gasteiger partial charge in [-0.25, -0.2) is 9.78 Å². The van der Waals surface area contributed by atoms with Crippen LogP contribution < -0.4 is 0 Å². The maximum absolute atomic E-state index is 12.7. The quantitative estimate of drug-likeness (QED) is 0.217. The summed E-state index contributed by atoms with van der Waals surface area (Å²) in [5.41, 5.74) is 1.44. The van der Waals surface area contributed by atoms with Crippen molar-refractivity contribution >= 4 is 34.8 Å². The van der Waals surface area contributed by atoms with Crippen molar-refractivity contribution in [1.29, 1.82) is 0 Å². The lowest BCUT2D eigenvalue weighted by atomic mass is 10.2. The van der Waals surface area contributed by atoms with Gasteiger partial charge < -0.3 is 9.15 Å². The third kappa shape index (κ3) is 4.95. The molecule has 4 aromatic rings. The number of esters is 1. The number of non-ortho nitro benzene ring substituents is 1. The number of nitrogens with zero attached hydrogens (tertiary/aromatic N) is 4. The van der Waals surface area contributed by atoms with Gasteiger partial charge in [0.25, 0.3) is 11.6 Å². The SMILES string of the molecule is Cc1csc(Sc2ccc([N+](=O)[O-])cc2C(=O)OCc2nnc(-c3ccccc3)o2)n1.